The third kappa shape index (κ3) is 3.81. The molecular weight excluding hydrogens is 320 g/mol. The zero-order valence-corrected chi connectivity index (χ0v) is 14.8. The minimum absolute atomic E-state index is 0.0434. The first-order valence-electron chi connectivity index (χ1n) is 8.42. The van der Waals surface area contributed by atoms with Crippen molar-refractivity contribution in [3.8, 4) is 0 Å². The molecule has 1 fully saturated rings. The number of pyridine rings is 1. The number of amides is 1. The third-order valence-electron chi connectivity index (χ3n) is 4.63. The smallest absolute Gasteiger partial charge is 0.252 e. The van der Waals surface area contributed by atoms with E-state index in [0.29, 0.717) is 25.3 Å². The summed E-state index contributed by atoms with van der Waals surface area (Å²) in [6, 6.07) is 9.48. The van der Waals surface area contributed by atoms with Crippen LogP contribution in [0.1, 0.15) is 16.1 Å². The number of fused-ring (bicyclic) bond motifs is 1. The minimum Gasteiger partial charge on any atom is -0.378 e. The van der Waals surface area contributed by atoms with Gasteiger partial charge in [-0.2, -0.15) is 0 Å². The van der Waals surface area contributed by atoms with Gasteiger partial charge in [0.15, 0.2) is 0 Å². The number of benzene rings is 1. The highest BCUT2D eigenvalue weighted by Gasteiger charge is 2.34. The maximum absolute atomic E-state index is 12.7. The van der Waals surface area contributed by atoms with Gasteiger partial charge in [-0.1, -0.05) is 18.2 Å². The summed E-state index contributed by atoms with van der Waals surface area (Å²) in [7, 11) is 3.31. The molecule has 6 heteroatoms. The standard InChI is InChI=1S/C19H24N2O4/c1-12-8-15(14-6-4-5-7-16(14)21-12)19(22)20-9-13-10-25-11-17(23-2)18(13)24-3/h4-8,13,17-18H,9-11H2,1-3H3,(H,20,22)/t13-,17-,18+/m1/s1. The first-order valence-corrected chi connectivity index (χ1v) is 8.42. The number of hydrogen-bond acceptors (Lipinski definition) is 5. The molecule has 3 rings (SSSR count). The second-order valence-corrected chi connectivity index (χ2v) is 6.31. The maximum Gasteiger partial charge on any atom is 0.252 e. The van der Waals surface area contributed by atoms with E-state index < -0.39 is 0 Å². The van der Waals surface area contributed by atoms with Crippen LogP contribution in [0.15, 0.2) is 30.3 Å². The molecule has 0 spiro atoms. The fraction of sp³-hybridized carbons (Fsp3) is 0.474. The first-order chi connectivity index (χ1) is 12.1. The van der Waals surface area contributed by atoms with Crippen molar-refractivity contribution in [1.29, 1.82) is 0 Å². The van der Waals surface area contributed by atoms with Gasteiger partial charge in [0.1, 0.15) is 6.10 Å². The van der Waals surface area contributed by atoms with Crippen molar-refractivity contribution in [3.63, 3.8) is 0 Å². The Kier molecular flexibility index (Phi) is 5.63. The lowest BCUT2D eigenvalue weighted by molar-refractivity contribution is -0.145. The zero-order valence-electron chi connectivity index (χ0n) is 14.8. The lowest BCUT2D eigenvalue weighted by Gasteiger charge is -2.36. The van der Waals surface area contributed by atoms with E-state index in [1.54, 1.807) is 14.2 Å². The van der Waals surface area contributed by atoms with Crippen LogP contribution in [0.3, 0.4) is 0 Å². The summed E-state index contributed by atoms with van der Waals surface area (Å²) in [4.78, 5) is 17.2. The monoisotopic (exact) mass is 344 g/mol. The molecule has 0 radical (unpaired) electrons. The largest absolute Gasteiger partial charge is 0.378 e. The molecule has 134 valence electrons. The molecule has 1 aliphatic rings. The number of para-hydroxylation sites is 1. The molecule has 2 aromatic rings. The van der Waals surface area contributed by atoms with Crippen LogP contribution in [-0.4, -0.2) is 57.1 Å². The Morgan fingerprint density at radius 2 is 2.08 bits per heavy atom. The molecule has 0 unspecified atom stereocenters. The van der Waals surface area contributed by atoms with Gasteiger partial charge in [-0.25, -0.2) is 0 Å². The summed E-state index contributed by atoms with van der Waals surface area (Å²) in [6.45, 7) is 3.40. The Balaban J connectivity index is 1.75. The average molecular weight is 344 g/mol. The Bertz CT molecular complexity index is 749. The van der Waals surface area contributed by atoms with E-state index in [1.807, 2.05) is 37.3 Å². The van der Waals surface area contributed by atoms with Gasteiger partial charge in [-0.3, -0.25) is 9.78 Å². The maximum atomic E-state index is 12.7. The number of carbonyl (C=O) groups excluding carboxylic acids is 1. The molecule has 1 aliphatic heterocycles. The number of methoxy groups -OCH3 is 2. The molecule has 1 N–H and O–H groups in total. The summed E-state index contributed by atoms with van der Waals surface area (Å²) in [6.07, 6.45) is -0.223. The number of nitrogens with zero attached hydrogens (tertiary/aromatic N) is 1. The van der Waals surface area contributed by atoms with Crippen molar-refractivity contribution in [1.82, 2.24) is 10.3 Å². The number of rotatable bonds is 5. The second-order valence-electron chi connectivity index (χ2n) is 6.31. The zero-order chi connectivity index (χ0) is 17.8. The third-order valence-corrected chi connectivity index (χ3v) is 4.63. The highest BCUT2D eigenvalue weighted by atomic mass is 16.6. The fourth-order valence-corrected chi connectivity index (χ4v) is 3.36. The van der Waals surface area contributed by atoms with Crippen LogP contribution in [-0.2, 0) is 14.2 Å². The Morgan fingerprint density at radius 3 is 2.84 bits per heavy atom. The second kappa shape index (κ2) is 7.91. The summed E-state index contributed by atoms with van der Waals surface area (Å²) < 4.78 is 16.6. The lowest BCUT2D eigenvalue weighted by Crippen LogP contribution is -2.50. The molecule has 3 atom stereocenters. The van der Waals surface area contributed by atoms with Crippen LogP contribution in [0.5, 0.6) is 0 Å². The Morgan fingerprint density at radius 1 is 1.28 bits per heavy atom. The van der Waals surface area contributed by atoms with Gasteiger partial charge in [-0.05, 0) is 19.1 Å². The molecule has 0 bridgehead atoms. The van der Waals surface area contributed by atoms with Crippen LogP contribution in [0, 0.1) is 12.8 Å². The van der Waals surface area contributed by atoms with Gasteiger partial charge in [0.25, 0.3) is 5.91 Å². The first kappa shape index (κ1) is 17.8. The number of hydrogen-bond donors (Lipinski definition) is 1. The summed E-state index contributed by atoms with van der Waals surface area (Å²) in [5.41, 5.74) is 2.28. The average Bonchev–Trinajstić information content (AvgIpc) is 2.64. The van der Waals surface area contributed by atoms with E-state index >= 15 is 0 Å². The van der Waals surface area contributed by atoms with Gasteiger partial charge in [0.05, 0.1) is 30.4 Å². The highest BCUT2D eigenvalue weighted by Crippen LogP contribution is 2.21. The van der Waals surface area contributed by atoms with Crippen molar-refractivity contribution in [2.24, 2.45) is 5.92 Å². The van der Waals surface area contributed by atoms with Crippen LogP contribution in [0.2, 0.25) is 0 Å². The number of nitrogens with one attached hydrogen (secondary N) is 1. The molecule has 1 aromatic heterocycles. The Labute approximate surface area is 147 Å². The van der Waals surface area contributed by atoms with Crippen molar-refractivity contribution in [2.75, 3.05) is 34.0 Å². The summed E-state index contributed by atoms with van der Waals surface area (Å²) >= 11 is 0. The quantitative estimate of drug-likeness (QED) is 0.898. The molecule has 1 aromatic carbocycles. The van der Waals surface area contributed by atoms with Gasteiger partial charge in [-0.15, -0.1) is 0 Å². The van der Waals surface area contributed by atoms with Gasteiger partial charge in [0.2, 0.25) is 0 Å². The van der Waals surface area contributed by atoms with Crippen LogP contribution < -0.4 is 5.32 Å². The van der Waals surface area contributed by atoms with Gasteiger partial charge >= 0.3 is 0 Å². The SMILES string of the molecule is CO[C@H]1[C@H](CNC(=O)c2cc(C)nc3ccccc23)COC[C@H]1OC. The van der Waals surface area contributed by atoms with Crippen LogP contribution >= 0.6 is 0 Å². The predicted molar refractivity (Wildman–Crippen MR) is 94.7 cm³/mol. The van der Waals surface area contributed by atoms with E-state index in [0.717, 1.165) is 16.6 Å². The van der Waals surface area contributed by atoms with Crippen molar-refractivity contribution < 1.29 is 19.0 Å². The van der Waals surface area contributed by atoms with Crippen molar-refractivity contribution in [3.05, 3.63) is 41.6 Å². The number of carbonyl (C=O) groups is 1. The van der Waals surface area contributed by atoms with Gasteiger partial charge in [0, 0.05) is 37.8 Å². The minimum atomic E-state index is -0.121. The fourth-order valence-electron chi connectivity index (χ4n) is 3.36. The van der Waals surface area contributed by atoms with E-state index in [4.69, 9.17) is 14.2 Å². The molecule has 1 amide bonds. The number of aryl methyl sites for hydroxylation is 1. The molecular formula is C19H24N2O4. The van der Waals surface area contributed by atoms with E-state index in [2.05, 4.69) is 10.3 Å². The molecule has 6 nitrogen and oxygen atoms in total. The summed E-state index contributed by atoms with van der Waals surface area (Å²) in [5.74, 6) is -0.0714. The van der Waals surface area contributed by atoms with Crippen molar-refractivity contribution >= 4 is 16.8 Å². The summed E-state index contributed by atoms with van der Waals surface area (Å²) in [5, 5.41) is 3.87. The topological polar surface area (TPSA) is 69.7 Å². The van der Waals surface area contributed by atoms with Gasteiger partial charge < -0.3 is 19.5 Å². The van der Waals surface area contributed by atoms with Crippen LogP contribution in [0.4, 0.5) is 0 Å². The molecule has 0 aliphatic carbocycles. The van der Waals surface area contributed by atoms with Crippen LogP contribution in [0.25, 0.3) is 10.9 Å². The van der Waals surface area contributed by atoms with Crippen molar-refractivity contribution in [2.45, 2.75) is 19.1 Å². The van der Waals surface area contributed by atoms with E-state index in [9.17, 15) is 4.79 Å². The Hall–Kier alpha value is -2.02. The molecule has 1 saturated heterocycles. The predicted octanol–water partition coefficient (Wildman–Crippen LogP) is 1.95. The number of aromatic nitrogens is 1. The molecule has 0 saturated carbocycles. The van der Waals surface area contributed by atoms with E-state index in [1.165, 1.54) is 0 Å². The molecule has 2 heterocycles. The highest BCUT2D eigenvalue weighted by molar-refractivity contribution is 6.06. The normalized spacial score (nSPS) is 23.6. The number of ether oxygens (including phenoxy) is 3. The molecule has 25 heavy (non-hydrogen) atoms. The lowest BCUT2D eigenvalue weighted by atomic mass is 9.96. The van der Waals surface area contributed by atoms with E-state index in [-0.39, 0.29) is 24.0 Å².